The molecule has 1 unspecified atom stereocenters. The maximum atomic E-state index is 13.2. The zero-order valence-corrected chi connectivity index (χ0v) is 12.8. The van der Waals surface area contributed by atoms with Gasteiger partial charge < -0.3 is 10.8 Å². The Bertz CT molecular complexity index is 551. The van der Waals surface area contributed by atoms with Gasteiger partial charge in [-0.25, -0.2) is 17.5 Å². The lowest BCUT2D eigenvalue weighted by atomic mass is 10.2. The number of aliphatic hydroxyl groups excluding tert-OH is 1. The highest BCUT2D eigenvalue weighted by Crippen LogP contribution is 2.27. The maximum Gasteiger partial charge on any atom is 0.242 e. The molecular formula is C11H16BrFN2O3S. The second kappa shape index (κ2) is 6.65. The average molecular weight is 355 g/mol. The van der Waals surface area contributed by atoms with Crippen LogP contribution in [0.4, 0.5) is 10.1 Å². The topological polar surface area (TPSA) is 92.4 Å². The second-order valence-corrected chi connectivity index (χ2v) is 6.58. The summed E-state index contributed by atoms with van der Waals surface area (Å²) in [4.78, 5) is -0.122. The van der Waals surface area contributed by atoms with E-state index in [2.05, 4.69) is 20.7 Å². The molecule has 0 saturated carbocycles. The molecule has 0 aliphatic rings. The summed E-state index contributed by atoms with van der Waals surface area (Å²) in [6.45, 7) is 1.69. The van der Waals surface area contributed by atoms with Crippen molar-refractivity contribution in [3.8, 4) is 0 Å². The Morgan fingerprint density at radius 2 is 2.16 bits per heavy atom. The largest absolute Gasteiger partial charge is 0.396 e. The van der Waals surface area contributed by atoms with Crippen molar-refractivity contribution in [1.82, 2.24) is 4.72 Å². The van der Waals surface area contributed by atoms with Crippen molar-refractivity contribution in [2.45, 2.75) is 30.7 Å². The number of halogens is 2. The molecule has 1 atom stereocenters. The molecule has 108 valence electrons. The van der Waals surface area contributed by atoms with E-state index in [0.717, 1.165) is 12.1 Å². The summed E-state index contributed by atoms with van der Waals surface area (Å²) in [6.07, 6.45) is 0.845. The van der Waals surface area contributed by atoms with Gasteiger partial charge in [0.15, 0.2) is 0 Å². The van der Waals surface area contributed by atoms with Crippen molar-refractivity contribution >= 4 is 31.6 Å². The van der Waals surface area contributed by atoms with E-state index in [9.17, 15) is 12.8 Å². The van der Waals surface area contributed by atoms with Crippen LogP contribution in [0.2, 0.25) is 0 Å². The molecule has 0 amide bonds. The van der Waals surface area contributed by atoms with Crippen molar-refractivity contribution in [3.63, 3.8) is 0 Å². The molecule has 0 saturated heterocycles. The molecule has 0 aliphatic heterocycles. The standard InChI is InChI=1S/C11H16BrFN2O3S/c1-2-7(3-4-16)15-19(17,18)11-6-10(14)9(13)5-8(11)12/h5-7,15-16H,2-4,14H2,1H3. The Labute approximate surface area is 120 Å². The van der Waals surface area contributed by atoms with Gasteiger partial charge in [-0.15, -0.1) is 0 Å². The van der Waals surface area contributed by atoms with E-state index < -0.39 is 15.8 Å². The smallest absolute Gasteiger partial charge is 0.242 e. The van der Waals surface area contributed by atoms with Crippen LogP contribution in [-0.2, 0) is 10.0 Å². The predicted molar refractivity (Wildman–Crippen MR) is 74.6 cm³/mol. The maximum absolute atomic E-state index is 13.2. The van der Waals surface area contributed by atoms with Crippen LogP contribution < -0.4 is 10.5 Å². The third-order valence-corrected chi connectivity index (χ3v) is 5.11. The molecule has 0 bridgehead atoms. The van der Waals surface area contributed by atoms with E-state index in [4.69, 9.17) is 10.8 Å². The van der Waals surface area contributed by atoms with E-state index in [0.29, 0.717) is 12.8 Å². The summed E-state index contributed by atoms with van der Waals surface area (Å²) < 4.78 is 40.1. The van der Waals surface area contributed by atoms with Gasteiger partial charge in [-0.1, -0.05) is 6.92 Å². The summed E-state index contributed by atoms with van der Waals surface area (Å²) in [5.41, 5.74) is 5.14. The molecule has 8 heteroatoms. The number of hydrogen-bond acceptors (Lipinski definition) is 4. The number of aliphatic hydroxyl groups is 1. The minimum Gasteiger partial charge on any atom is -0.396 e. The fourth-order valence-corrected chi connectivity index (χ4v) is 3.94. The third-order valence-electron chi connectivity index (χ3n) is 2.63. The number of nitrogens with two attached hydrogens (primary N) is 1. The van der Waals surface area contributed by atoms with Gasteiger partial charge in [-0.05, 0) is 40.9 Å². The van der Waals surface area contributed by atoms with Gasteiger partial charge in [0.25, 0.3) is 0 Å². The van der Waals surface area contributed by atoms with Crippen molar-refractivity contribution in [1.29, 1.82) is 0 Å². The first kappa shape index (κ1) is 16.4. The van der Waals surface area contributed by atoms with Crippen LogP contribution in [0.15, 0.2) is 21.5 Å². The van der Waals surface area contributed by atoms with E-state index in [1.807, 2.05) is 0 Å². The minimum absolute atomic E-state index is 0.102. The molecule has 0 spiro atoms. The zero-order chi connectivity index (χ0) is 14.6. The Morgan fingerprint density at radius 1 is 1.53 bits per heavy atom. The molecule has 0 aromatic heterocycles. The number of anilines is 1. The highest BCUT2D eigenvalue weighted by Gasteiger charge is 2.22. The molecule has 4 N–H and O–H groups in total. The van der Waals surface area contributed by atoms with Crippen molar-refractivity contribution in [3.05, 3.63) is 22.4 Å². The molecule has 1 aromatic carbocycles. The van der Waals surface area contributed by atoms with Crippen LogP contribution in [0.5, 0.6) is 0 Å². The van der Waals surface area contributed by atoms with Crippen LogP contribution in [0.1, 0.15) is 19.8 Å². The van der Waals surface area contributed by atoms with Gasteiger partial charge in [0.1, 0.15) is 5.82 Å². The number of nitrogens with one attached hydrogen (secondary N) is 1. The first-order valence-electron chi connectivity index (χ1n) is 5.69. The summed E-state index contributed by atoms with van der Waals surface area (Å²) in [5, 5.41) is 8.86. The molecule has 1 aromatic rings. The summed E-state index contributed by atoms with van der Waals surface area (Å²) >= 11 is 3.00. The van der Waals surface area contributed by atoms with E-state index in [1.54, 1.807) is 6.92 Å². The molecule has 0 heterocycles. The van der Waals surface area contributed by atoms with Gasteiger partial charge in [0.05, 0.1) is 10.6 Å². The second-order valence-electron chi connectivity index (χ2n) is 4.04. The van der Waals surface area contributed by atoms with Crippen LogP contribution in [0.25, 0.3) is 0 Å². The monoisotopic (exact) mass is 354 g/mol. The van der Waals surface area contributed by atoms with Gasteiger partial charge in [-0.3, -0.25) is 0 Å². The zero-order valence-electron chi connectivity index (χ0n) is 10.4. The molecular weight excluding hydrogens is 339 g/mol. The number of sulfonamides is 1. The molecule has 19 heavy (non-hydrogen) atoms. The quantitative estimate of drug-likeness (QED) is 0.676. The lowest BCUT2D eigenvalue weighted by Crippen LogP contribution is -2.35. The number of hydrogen-bond donors (Lipinski definition) is 3. The molecule has 1 rings (SSSR count). The molecule has 0 fully saturated rings. The van der Waals surface area contributed by atoms with Crippen LogP contribution in [-0.4, -0.2) is 26.2 Å². The fraction of sp³-hybridized carbons (Fsp3) is 0.455. The lowest BCUT2D eigenvalue weighted by molar-refractivity contribution is 0.270. The third kappa shape index (κ3) is 4.13. The van der Waals surface area contributed by atoms with Gasteiger partial charge in [0, 0.05) is 17.1 Å². The van der Waals surface area contributed by atoms with Gasteiger partial charge in [-0.2, -0.15) is 0 Å². The normalized spacial score (nSPS) is 13.5. The van der Waals surface area contributed by atoms with Gasteiger partial charge >= 0.3 is 0 Å². The highest BCUT2D eigenvalue weighted by atomic mass is 79.9. The number of benzene rings is 1. The van der Waals surface area contributed by atoms with E-state index >= 15 is 0 Å². The first-order chi connectivity index (χ1) is 8.81. The first-order valence-corrected chi connectivity index (χ1v) is 7.97. The molecule has 0 aliphatic carbocycles. The van der Waals surface area contributed by atoms with E-state index in [-0.39, 0.29) is 27.7 Å². The Balaban J connectivity index is 3.10. The average Bonchev–Trinajstić information content (AvgIpc) is 2.32. The van der Waals surface area contributed by atoms with Crippen LogP contribution >= 0.6 is 15.9 Å². The Kier molecular flexibility index (Phi) is 5.72. The Hall–Kier alpha value is -0.700. The summed E-state index contributed by atoms with van der Waals surface area (Å²) in [5.74, 6) is -0.687. The SMILES string of the molecule is CCC(CCO)NS(=O)(=O)c1cc(N)c(F)cc1Br. The van der Waals surface area contributed by atoms with Crippen LogP contribution in [0, 0.1) is 5.82 Å². The van der Waals surface area contributed by atoms with Gasteiger partial charge in [0.2, 0.25) is 10.0 Å². The lowest BCUT2D eigenvalue weighted by Gasteiger charge is -2.17. The minimum atomic E-state index is -3.82. The molecule has 5 nitrogen and oxygen atoms in total. The van der Waals surface area contributed by atoms with Crippen molar-refractivity contribution in [2.75, 3.05) is 12.3 Å². The Morgan fingerprint density at radius 3 is 2.68 bits per heavy atom. The fourth-order valence-electron chi connectivity index (χ4n) is 1.54. The summed E-state index contributed by atoms with van der Waals surface area (Å²) in [6, 6.07) is 1.69. The predicted octanol–water partition coefficient (Wildman–Crippen LogP) is 1.61. The number of nitrogen functional groups attached to an aromatic ring is 1. The van der Waals surface area contributed by atoms with E-state index in [1.165, 1.54) is 0 Å². The highest BCUT2D eigenvalue weighted by molar-refractivity contribution is 9.10. The summed E-state index contributed by atoms with van der Waals surface area (Å²) in [7, 11) is -3.82. The van der Waals surface area contributed by atoms with Crippen molar-refractivity contribution in [2.24, 2.45) is 0 Å². The molecule has 0 radical (unpaired) electrons. The van der Waals surface area contributed by atoms with Crippen molar-refractivity contribution < 1.29 is 17.9 Å². The number of rotatable bonds is 6. The van der Waals surface area contributed by atoms with Crippen LogP contribution in [0.3, 0.4) is 0 Å².